The predicted octanol–water partition coefficient (Wildman–Crippen LogP) is 2.62. The Bertz CT molecular complexity index is 274. The van der Waals surface area contributed by atoms with Crippen LogP contribution in [0, 0.1) is 17.8 Å². The second-order valence-corrected chi connectivity index (χ2v) is 6.00. The van der Waals surface area contributed by atoms with Gasteiger partial charge in [-0.15, -0.1) is 0 Å². The van der Waals surface area contributed by atoms with Crippen molar-refractivity contribution in [2.75, 3.05) is 6.61 Å². The van der Waals surface area contributed by atoms with Crippen molar-refractivity contribution in [2.45, 2.75) is 18.1 Å². The molecule has 0 aromatic heterocycles. The third kappa shape index (κ3) is 1.33. The highest BCUT2D eigenvalue weighted by Gasteiger charge is 2.42. The van der Waals surface area contributed by atoms with Gasteiger partial charge in [0, 0.05) is 0 Å². The first kappa shape index (κ1) is 8.30. The van der Waals surface area contributed by atoms with E-state index in [4.69, 9.17) is 17.0 Å². The first-order valence-corrected chi connectivity index (χ1v) is 6.13. The molecule has 1 nitrogen and oxygen atoms in total. The minimum absolute atomic E-state index is 0.646. The Labute approximate surface area is 87.9 Å². The molecular formula is C10H12OS2. The van der Waals surface area contributed by atoms with E-state index >= 15 is 0 Å². The number of hydrogen-bond donors (Lipinski definition) is 0. The van der Waals surface area contributed by atoms with Crippen LogP contribution in [0.3, 0.4) is 0 Å². The lowest BCUT2D eigenvalue weighted by molar-refractivity contribution is 0.287. The van der Waals surface area contributed by atoms with Gasteiger partial charge in [-0.2, -0.15) is 0 Å². The number of ether oxygens (including phenoxy) is 1. The number of allylic oxidation sites excluding steroid dienone is 2. The number of rotatable bonds is 1. The molecule has 2 aliphatic carbocycles. The van der Waals surface area contributed by atoms with Crippen molar-refractivity contribution in [3.8, 4) is 0 Å². The Kier molecular flexibility index (Phi) is 1.91. The van der Waals surface area contributed by atoms with E-state index in [1.165, 1.54) is 12.8 Å². The van der Waals surface area contributed by atoms with Crippen LogP contribution in [0.15, 0.2) is 12.2 Å². The quantitative estimate of drug-likeness (QED) is 0.488. The molecular weight excluding hydrogens is 200 g/mol. The molecule has 0 spiro atoms. The standard InChI is InChI=1S/C10H12OS2/c12-10-11-5-9(13-10)8-4-6-1-2-7(8)3-6/h1-2,6-9H,3-5H2. The van der Waals surface area contributed by atoms with Gasteiger partial charge in [0.05, 0.1) is 5.25 Å². The molecule has 3 rings (SSSR count). The van der Waals surface area contributed by atoms with Crippen molar-refractivity contribution in [1.29, 1.82) is 0 Å². The normalized spacial score (nSPS) is 47.2. The SMILES string of the molecule is S=C1OCC(C2CC3C=CC2C3)S1. The fraction of sp³-hybridized carbons (Fsp3) is 0.700. The molecule has 0 N–H and O–H groups in total. The Morgan fingerprint density at radius 3 is 2.85 bits per heavy atom. The van der Waals surface area contributed by atoms with E-state index in [9.17, 15) is 0 Å². The van der Waals surface area contributed by atoms with Crippen molar-refractivity contribution in [1.82, 2.24) is 0 Å². The van der Waals surface area contributed by atoms with Crippen molar-refractivity contribution < 1.29 is 4.74 Å². The molecule has 3 heteroatoms. The topological polar surface area (TPSA) is 9.23 Å². The molecule has 4 atom stereocenters. The predicted molar refractivity (Wildman–Crippen MR) is 58.8 cm³/mol. The first-order valence-electron chi connectivity index (χ1n) is 4.84. The van der Waals surface area contributed by atoms with E-state index < -0.39 is 0 Å². The maximum Gasteiger partial charge on any atom is 0.220 e. The lowest BCUT2D eigenvalue weighted by Crippen LogP contribution is -2.21. The maximum absolute atomic E-state index is 5.36. The van der Waals surface area contributed by atoms with Crippen molar-refractivity contribution in [3.63, 3.8) is 0 Å². The summed E-state index contributed by atoms with van der Waals surface area (Å²) in [6.45, 7) is 0.852. The van der Waals surface area contributed by atoms with Crippen LogP contribution in [0.2, 0.25) is 0 Å². The van der Waals surface area contributed by atoms with Crippen molar-refractivity contribution in [3.05, 3.63) is 12.2 Å². The van der Waals surface area contributed by atoms with Crippen LogP contribution in [-0.4, -0.2) is 16.2 Å². The number of fused-ring (bicyclic) bond motifs is 2. The van der Waals surface area contributed by atoms with Crippen LogP contribution >= 0.6 is 24.0 Å². The van der Waals surface area contributed by atoms with Gasteiger partial charge in [0.1, 0.15) is 6.61 Å². The van der Waals surface area contributed by atoms with Gasteiger partial charge in [0.2, 0.25) is 4.38 Å². The van der Waals surface area contributed by atoms with Gasteiger partial charge < -0.3 is 4.74 Å². The number of thioether (sulfide) groups is 1. The zero-order chi connectivity index (χ0) is 8.84. The van der Waals surface area contributed by atoms with E-state index in [-0.39, 0.29) is 0 Å². The Morgan fingerprint density at radius 2 is 2.31 bits per heavy atom. The van der Waals surface area contributed by atoms with Gasteiger partial charge >= 0.3 is 0 Å². The van der Waals surface area contributed by atoms with Gasteiger partial charge in [0.25, 0.3) is 0 Å². The molecule has 1 saturated carbocycles. The smallest absolute Gasteiger partial charge is 0.220 e. The van der Waals surface area contributed by atoms with E-state index in [2.05, 4.69) is 12.2 Å². The molecule has 2 bridgehead atoms. The molecule has 70 valence electrons. The molecule has 4 unspecified atom stereocenters. The van der Waals surface area contributed by atoms with E-state index in [1.807, 2.05) is 0 Å². The molecule has 1 heterocycles. The maximum atomic E-state index is 5.36. The van der Waals surface area contributed by atoms with E-state index in [0.29, 0.717) is 5.25 Å². The van der Waals surface area contributed by atoms with Gasteiger partial charge in [-0.3, -0.25) is 0 Å². The van der Waals surface area contributed by atoms with Crippen LogP contribution in [-0.2, 0) is 4.74 Å². The molecule has 1 saturated heterocycles. The van der Waals surface area contributed by atoms with Crippen LogP contribution in [0.1, 0.15) is 12.8 Å². The summed E-state index contributed by atoms with van der Waals surface area (Å²) in [7, 11) is 0. The lowest BCUT2D eigenvalue weighted by atomic mass is 9.90. The average Bonchev–Trinajstić information content (AvgIpc) is 2.77. The van der Waals surface area contributed by atoms with Crippen molar-refractivity contribution >= 4 is 28.4 Å². The number of thiocarbonyl (C=S) groups is 1. The summed E-state index contributed by atoms with van der Waals surface area (Å²) in [6, 6.07) is 0. The largest absolute Gasteiger partial charge is 0.477 e. The molecule has 3 aliphatic rings. The third-order valence-electron chi connectivity index (χ3n) is 3.42. The van der Waals surface area contributed by atoms with Crippen LogP contribution in [0.25, 0.3) is 0 Å². The molecule has 0 aromatic carbocycles. The van der Waals surface area contributed by atoms with Gasteiger partial charge in [-0.05, 0) is 42.8 Å². The Hall–Kier alpha value is -0.0200. The summed E-state index contributed by atoms with van der Waals surface area (Å²) in [6.07, 6.45) is 7.54. The zero-order valence-corrected chi connectivity index (χ0v) is 8.94. The molecule has 1 aliphatic heterocycles. The summed E-state index contributed by atoms with van der Waals surface area (Å²) in [4.78, 5) is 0. The summed E-state index contributed by atoms with van der Waals surface area (Å²) in [5.74, 6) is 2.53. The highest BCUT2D eigenvalue weighted by Crippen LogP contribution is 2.48. The summed E-state index contributed by atoms with van der Waals surface area (Å²) in [5.41, 5.74) is 0. The van der Waals surface area contributed by atoms with Crippen molar-refractivity contribution in [2.24, 2.45) is 17.8 Å². The van der Waals surface area contributed by atoms with Gasteiger partial charge in [0.15, 0.2) is 0 Å². The summed E-state index contributed by atoms with van der Waals surface area (Å²) in [5, 5.41) is 0.646. The highest BCUT2D eigenvalue weighted by atomic mass is 32.2. The molecule has 0 radical (unpaired) electrons. The number of hydrogen-bond acceptors (Lipinski definition) is 3. The average molecular weight is 212 g/mol. The van der Waals surface area contributed by atoms with Gasteiger partial charge in [-0.25, -0.2) is 0 Å². The summed E-state index contributed by atoms with van der Waals surface area (Å²) < 4.78 is 6.12. The van der Waals surface area contributed by atoms with Crippen LogP contribution in [0.5, 0.6) is 0 Å². The Balaban J connectivity index is 1.73. The Morgan fingerprint density at radius 1 is 1.38 bits per heavy atom. The van der Waals surface area contributed by atoms with E-state index in [1.54, 1.807) is 11.8 Å². The molecule has 0 amide bonds. The summed E-state index contributed by atoms with van der Waals surface area (Å²) >= 11 is 6.82. The second kappa shape index (κ2) is 2.99. The highest BCUT2D eigenvalue weighted by molar-refractivity contribution is 8.23. The molecule has 2 fully saturated rings. The zero-order valence-electron chi connectivity index (χ0n) is 7.31. The van der Waals surface area contributed by atoms with E-state index in [0.717, 1.165) is 28.7 Å². The third-order valence-corrected chi connectivity index (χ3v) is 4.93. The van der Waals surface area contributed by atoms with Gasteiger partial charge in [-0.1, -0.05) is 23.9 Å². The monoisotopic (exact) mass is 212 g/mol. The fourth-order valence-corrected chi connectivity index (χ4v) is 4.25. The molecule has 13 heavy (non-hydrogen) atoms. The second-order valence-electron chi connectivity index (χ2n) is 4.16. The molecule has 0 aromatic rings. The minimum atomic E-state index is 0.646. The van der Waals surface area contributed by atoms with Crippen LogP contribution in [0.4, 0.5) is 0 Å². The minimum Gasteiger partial charge on any atom is -0.477 e. The van der Waals surface area contributed by atoms with Crippen LogP contribution < -0.4 is 0 Å². The lowest BCUT2D eigenvalue weighted by Gasteiger charge is -2.21. The fourth-order valence-electron chi connectivity index (χ4n) is 2.80. The first-order chi connectivity index (χ1) is 6.33.